The fraction of sp³-hybridized carbons (Fsp3) is 0.250. The van der Waals surface area contributed by atoms with E-state index < -0.39 is 0 Å². The van der Waals surface area contributed by atoms with Gasteiger partial charge in [-0.05, 0) is 5.56 Å². The molecule has 1 aromatic carbocycles. The number of benzene rings is 1. The fourth-order valence-corrected chi connectivity index (χ4v) is 1.07. The molecule has 0 radical (unpaired) electrons. The monoisotopic (exact) mass is 148 g/mol. The molecular formula is C8H8N2O. The summed E-state index contributed by atoms with van der Waals surface area (Å²) in [4.78, 5) is 5.00. The Morgan fingerprint density at radius 1 is 1.27 bits per heavy atom. The van der Waals surface area contributed by atoms with E-state index in [0.29, 0.717) is 6.54 Å². The molecule has 0 amide bonds. The Bertz CT molecular complexity index is 250. The molecule has 0 fully saturated rings. The first-order valence-electron chi connectivity index (χ1n) is 3.54. The predicted octanol–water partition coefficient (Wildman–Crippen LogP) is 2.13. The topological polar surface area (TPSA) is 34.0 Å². The van der Waals surface area contributed by atoms with Gasteiger partial charge < -0.3 is 4.84 Å². The van der Waals surface area contributed by atoms with Crippen LogP contribution in [-0.2, 0) is 4.84 Å². The first-order chi connectivity index (χ1) is 5.47. The van der Waals surface area contributed by atoms with Crippen LogP contribution in [0.1, 0.15) is 11.7 Å². The molecule has 3 heteroatoms. The van der Waals surface area contributed by atoms with E-state index in [1.807, 2.05) is 30.3 Å². The molecule has 0 bridgehead atoms. The van der Waals surface area contributed by atoms with E-state index in [1.54, 1.807) is 0 Å². The summed E-state index contributed by atoms with van der Waals surface area (Å²) in [5.74, 6) is 0. The minimum Gasteiger partial charge on any atom is -0.369 e. The largest absolute Gasteiger partial charge is 0.369 e. The van der Waals surface area contributed by atoms with Gasteiger partial charge in [0.15, 0.2) is 6.10 Å². The van der Waals surface area contributed by atoms with Gasteiger partial charge >= 0.3 is 0 Å². The van der Waals surface area contributed by atoms with Gasteiger partial charge in [-0.15, -0.1) is 5.11 Å². The predicted molar refractivity (Wildman–Crippen MR) is 40.0 cm³/mol. The standard InChI is InChI=1S/C8H8N2O/c1-2-4-7(5-3-1)8-6-9-10-11-8/h1-5,8H,6H2. The maximum atomic E-state index is 5.00. The molecule has 0 aliphatic carbocycles. The molecule has 1 atom stereocenters. The van der Waals surface area contributed by atoms with Crippen molar-refractivity contribution in [3.05, 3.63) is 35.9 Å². The molecule has 0 N–H and O–H groups in total. The average Bonchev–Trinajstić information content (AvgIpc) is 2.58. The van der Waals surface area contributed by atoms with E-state index in [0.717, 1.165) is 5.56 Å². The lowest BCUT2D eigenvalue weighted by Gasteiger charge is -2.04. The second-order valence-corrected chi connectivity index (χ2v) is 2.41. The maximum Gasteiger partial charge on any atom is 0.175 e. The van der Waals surface area contributed by atoms with Crippen LogP contribution >= 0.6 is 0 Å². The summed E-state index contributed by atoms with van der Waals surface area (Å²) in [7, 11) is 0. The van der Waals surface area contributed by atoms with E-state index in [4.69, 9.17) is 4.84 Å². The highest BCUT2D eigenvalue weighted by molar-refractivity contribution is 5.18. The Labute approximate surface area is 64.7 Å². The second kappa shape index (κ2) is 2.70. The van der Waals surface area contributed by atoms with Gasteiger partial charge in [0.25, 0.3) is 0 Å². The molecule has 1 unspecified atom stereocenters. The zero-order valence-corrected chi connectivity index (χ0v) is 5.97. The van der Waals surface area contributed by atoms with E-state index in [1.165, 1.54) is 0 Å². The van der Waals surface area contributed by atoms with Crippen LogP contribution in [0.25, 0.3) is 0 Å². The molecule has 1 aliphatic heterocycles. The number of nitrogens with zero attached hydrogens (tertiary/aromatic N) is 2. The molecule has 0 aromatic heterocycles. The normalized spacial score (nSPS) is 21.6. The van der Waals surface area contributed by atoms with E-state index in [2.05, 4.69) is 10.4 Å². The quantitative estimate of drug-likeness (QED) is 0.600. The summed E-state index contributed by atoms with van der Waals surface area (Å²) in [6, 6.07) is 9.98. The molecule has 0 saturated heterocycles. The van der Waals surface area contributed by atoms with Crippen LogP contribution in [0, 0.1) is 0 Å². The summed E-state index contributed by atoms with van der Waals surface area (Å²) in [6.07, 6.45) is 0.0381. The Balaban J connectivity index is 2.17. The Kier molecular flexibility index (Phi) is 1.55. The molecule has 3 nitrogen and oxygen atoms in total. The van der Waals surface area contributed by atoms with E-state index in [-0.39, 0.29) is 6.10 Å². The van der Waals surface area contributed by atoms with Crippen LogP contribution in [0.3, 0.4) is 0 Å². The van der Waals surface area contributed by atoms with Crippen molar-refractivity contribution in [2.75, 3.05) is 6.54 Å². The van der Waals surface area contributed by atoms with Gasteiger partial charge in [-0.1, -0.05) is 30.3 Å². The average molecular weight is 148 g/mol. The van der Waals surface area contributed by atoms with Gasteiger partial charge in [0.1, 0.15) is 6.54 Å². The molecule has 11 heavy (non-hydrogen) atoms. The van der Waals surface area contributed by atoms with Crippen molar-refractivity contribution in [3.8, 4) is 0 Å². The molecule has 1 heterocycles. The van der Waals surface area contributed by atoms with Crippen molar-refractivity contribution in [1.82, 2.24) is 0 Å². The first kappa shape index (κ1) is 6.34. The molecule has 1 aliphatic rings. The third-order valence-electron chi connectivity index (χ3n) is 1.65. The zero-order chi connectivity index (χ0) is 7.52. The van der Waals surface area contributed by atoms with Crippen molar-refractivity contribution >= 4 is 0 Å². The third-order valence-corrected chi connectivity index (χ3v) is 1.65. The fourth-order valence-electron chi connectivity index (χ4n) is 1.07. The lowest BCUT2D eigenvalue weighted by molar-refractivity contribution is 0.0911. The summed E-state index contributed by atoms with van der Waals surface area (Å²) in [5, 5.41) is 7.21. The van der Waals surface area contributed by atoms with Gasteiger partial charge in [0.2, 0.25) is 0 Å². The number of hydrogen-bond acceptors (Lipinski definition) is 3. The van der Waals surface area contributed by atoms with Gasteiger partial charge in [-0.25, -0.2) is 0 Å². The van der Waals surface area contributed by atoms with Crippen LogP contribution in [0.2, 0.25) is 0 Å². The first-order valence-corrected chi connectivity index (χ1v) is 3.54. The minimum absolute atomic E-state index is 0.0381. The number of hydrogen-bond donors (Lipinski definition) is 0. The zero-order valence-electron chi connectivity index (χ0n) is 5.97. The highest BCUT2D eigenvalue weighted by atomic mass is 16.7. The van der Waals surface area contributed by atoms with Crippen LogP contribution in [0.15, 0.2) is 40.7 Å². The maximum absolute atomic E-state index is 5.00. The van der Waals surface area contributed by atoms with Crippen LogP contribution < -0.4 is 0 Å². The summed E-state index contributed by atoms with van der Waals surface area (Å²) in [5.41, 5.74) is 1.14. The molecule has 56 valence electrons. The lowest BCUT2D eigenvalue weighted by Crippen LogP contribution is -1.98. The number of rotatable bonds is 1. The summed E-state index contributed by atoms with van der Waals surface area (Å²) < 4.78 is 0. The second-order valence-electron chi connectivity index (χ2n) is 2.41. The highest BCUT2D eigenvalue weighted by Gasteiger charge is 2.15. The summed E-state index contributed by atoms with van der Waals surface area (Å²) >= 11 is 0. The van der Waals surface area contributed by atoms with Crippen molar-refractivity contribution in [2.45, 2.75) is 6.10 Å². The molecule has 1 aromatic rings. The Hall–Kier alpha value is -1.38. The van der Waals surface area contributed by atoms with Crippen LogP contribution in [-0.4, -0.2) is 6.54 Å². The van der Waals surface area contributed by atoms with Gasteiger partial charge in [-0.3, -0.25) is 0 Å². The Morgan fingerprint density at radius 3 is 2.73 bits per heavy atom. The van der Waals surface area contributed by atoms with Crippen LogP contribution in [0.4, 0.5) is 0 Å². The molecular weight excluding hydrogens is 140 g/mol. The molecule has 2 rings (SSSR count). The summed E-state index contributed by atoms with van der Waals surface area (Å²) in [6.45, 7) is 0.643. The van der Waals surface area contributed by atoms with Crippen LogP contribution in [0.5, 0.6) is 0 Å². The van der Waals surface area contributed by atoms with Crippen molar-refractivity contribution in [2.24, 2.45) is 10.4 Å². The van der Waals surface area contributed by atoms with Gasteiger partial charge in [-0.2, -0.15) is 0 Å². The van der Waals surface area contributed by atoms with Crippen molar-refractivity contribution in [3.63, 3.8) is 0 Å². The smallest absolute Gasteiger partial charge is 0.175 e. The molecule has 0 spiro atoms. The minimum atomic E-state index is 0.0381. The lowest BCUT2D eigenvalue weighted by atomic mass is 10.1. The van der Waals surface area contributed by atoms with E-state index in [9.17, 15) is 0 Å². The van der Waals surface area contributed by atoms with Crippen molar-refractivity contribution < 1.29 is 4.84 Å². The van der Waals surface area contributed by atoms with E-state index >= 15 is 0 Å². The van der Waals surface area contributed by atoms with Gasteiger partial charge in [0, 0.05) is 5.28 Å². The van der Waals surface area contributed by atoms with Gasteiger partial charge in [0.05, 0.1) is 0 Å². The Morgan fingerprint density at radius 2 is 2.09 bits per heavy atom. The highest BCUT2D eigenvalue weighted by Crippen LogP contribution is 2.21. The molecule has 0 saturated carbocycles. The third kappa shape index (κ3) is 1.22. The van der Waals surface area contributed by atoms with Crippen molar-refractivity contribution in [1.29, 1.82) is 0 Å². The SMILES string of the molecule is c1ccc(C2CN=NO2)cc1.